The highest BCUT2D eigenvalue weighted by Crippen LogP contribution is 2.45. The van der Waals surface area contributed by atoms with Crippen LogP contribution in [0.25, 0.3) is 0 Å². The van der Waals surface area contributed by atoms with Crippen LogP contribution in [0.1, 0.15) is 68.7 Å². The van der Waals surface area contributed by atoms with E-state index in [0.29, 0.717) is 10.8 Å². The molecule has 0 fully saturated rings. The molecule has 15 heavy (non-hydrogen) atoms. The summed E-state index contributed by atoms with van der Waals surface area (Å²) in [4.78, 5) is 0. The zero-order valence-electron chi connectivity index (χ0n) is 12.4. The highest BCUT2D eigenvalue weighted by Gasteiger charge is 2.37. The van der Waals surface area contributed by atoms with Crippen molar-refractivity contribution >= 4 is 0 Å². The van der Waals surface area contributed by atoms with Crippen LogP contribution in [0.2, 0.25) is 0 Å². The summed E-state index contributed by atoms with van der Waals surface area (Å²) < 4.78 is 0. The normalized spacial score (nSPS) is 19.8. The number of hydrogen-bond donors (Lipinski definition) is 0. The van der Waals surface area contributed by atoms with Crippen molar-refractivity contribution in [1.82, 2.24) is 0 Å². The van der Waals surface area contributed by atoms with Crippen LogP contribution in [0, 0.1) is 28.6 Å². The fourth-order valence-electron chi connectivity index (χ4n) is 2.37. The van der Waals surface area contributed by atoms with E-state index in [1.165, 1.54) is 6.42 Å². The molecule has 3 unspecified atom stereocenters. The molecule has 0 bridgehead atoms. The molecule has 0 amide bonds. The van der Waals surface area contributed by atoms with E-state index < -0.39 is 0 Å². The van der Waals surface area contributed by atoms with Crippen molar-refractivity contribution < 1.29 is 0 Å². The van der Waals surface area contributed by atoms with Gasteiger partial charge in [0.15, 0.2) is 0 Å². The lowest BCUT2D eigenvalue weighted by Gasteiger charge is -2.45. The Morgan fingerprint density at radius 1 is 0.800 bits per heavy atom. The summed E-state index contributed by atoms with van der Waals surface area (Å²) in [5, 5.41) is 0. The second-order valence-electron chi connectivity index (χ2n) is 7.07. The van der Waals surface area contributed by atoms with E-state index in [1.807, 2.05) is 0 Å². The van der Waals surface area contributed by atoms with Gasteiger partial charge in [-0.05, 0) is 28.6 Å². The third-order valence-electron chi connectivity index (χ3n) is 5.17. The smallest absolute Gasteiger partial charge is 0.0300 e. The fraction of sp³-hybridized carbons (Fsp3) is 1.00. The molecule has 0 aromatic carbocycles. The van der Waals surface area contributed by atoms with E-state index in [0.717, 1.165) is 17.8 Å². The third kappa shape index (κ3) is 3.50. The molecule has 3 atom stereocenters. The predicted octanol–water partition coefficient (Wildman–Crippen LogP) is 5.38. The molecule has 0 spiro atoms. The molecule has 0 aromatic heterocycles. The minimum absolute atomic E-state index is 0.421. The van der Waals surface area contributed by atoms with Crippen LogP contribution in [-0.2, 0) is 0 Å². The van der Waals surface area contributed by atoms with Gasteiger partial charge in [-0.15, -0.1) is 0 Å². The summed E-state index contributed by atoms with van der Waals surface area (Å²) in [6.07, 6.45) is 1.29. The van der Waals surface area contributed by atoms with Gasteiger partial charge in [-0.25, -0.2) is 0 Å². The predicted molar refractivity (Wildman–Crippen MR) is 71.0 cm³/mol. The summed E-state index contributed by atoms with van der Waals surface area (Å²) in [5.41, 5.74) is 0.867. The van der Waals surface area contributed by atoms with Crippen LogP contribution in [-0.4, -0.2) is 0 Å². The zero-order valence-corrected chi connectivity index (χ0v) is 12.4. The monoisotopic (exact) mass is 212 g/mol. The SMILES string of the molecule is CCC(C)C(C)(C)C(C)C(C)C(C)(C)C. The van der Waals surface area contributed by atoms with E-state index in [1.54, 1.807) is 0 Å². The second-order valence-corrected chi connectivity index (χ2v) is 7.07. The Labute approximate surface area is 97.8 Å². The Hall–Kier alpha value is 0. The van der Waals surface area contributed by atoms with Crippen LogP contribution in [0.4, 0.5) is 0 Å². The van der Waals surface area contributed by atoms with E-state index in [4.69, 9.17) is 0 Å². The molecule has 0 aliphatic carbocycles. The van der Waals surface area contributed by atoms with Crippen molar-refractivity contribution in [3.63, 3.8) is 0 Å². The Balaban J connectivity index is 4.76. The fourth-order valence-corrected chi connectivity index (χ4v) is 2.37. The van der Waals surface area contributed by atoms with E-state index >= 15 is 0 Å². The maximum Gasteiger partial charge on any atom is -0.0300 e. The average molecular weight is 212 g/mol. The Bertz CT molecular complexity index is 183. The van der Waals surface area contributed by atoms with Gasteiger partial charge < -0.3 is 0 Å². The van der Waals surface area contributed by atoms with E-state index in [2.05, 4.69) is 62.3 Å². The van der Waals surface area contributed by atoms with Crippen molar-refractivity contribution in [3.05, 3.63) is 0 Å². The largest absolute Gasteiger partial charge is 0.0651 e. The highest BCUT2D eigenvalue weighted by molar-refractivity contribution is 4.87. The minimum atomic E-state index is 0.421. The van der Waals surface area contributed by atoms with Gasteiger partial charge in [-0.1, -0.05) is 68.7 Å². The molecule has 0 radical (unpaired) electrons. The first kappa shape index (κ1) is 15.0. The van der Waals surface area contributed by atoms with Gasteiger partial charge in [-0.2, -0.15) is 0 Å². The van der Waals surface area contributed by atoms with Gasteiger partial charge in [0.05, 0.1) is 0 Å². The van der Waals surface area contributed by atoms with Crippen molar-refractivity contribution in [1.29, 1.82) is 0 Å². The summed E-state index contributed by atoms with van der Waals surface area (Å²) in [6, 6.07) is 0. The van der Waals surface area contributed by atoms with Crippen molar-refractivity contribution in [2.75, 3.05) is 0 Å². The van der Waals surface area contributed by atoms with Crippen LogP contribution in [0.3, 0.4) is 0 Å². The van der Waals surface area contributed by atoms with Crippen LogP contribution in [0.15, 0.2) is 0 Å². The van der Waals surface area contributed by atoms with Crippen molar-refractivity contribution in [3.8, 4) is 0 Å². The van der Waals surface area contributed by atoms with Crippen LogP contribution >= 0.6 is 0 Å². The zero-order chi connectivity index (χ0) is 12.4. The molecule has 0 saturated carbocycles. The lowest BCUT2D eigenvalue weighted by atomic mass is 9.61. The second kappa shape index (κ2) is 4.89. The maximum atomic E-state index is 2.44. The first-order valence-electron chi connectivity index (χ1n) is 6.55. The summed E-state index contributed by atoms with van der Waals surface area (Å²) in [6.45, 7) is 21.5. The average Bonchev–Trinajstić information content (AvgIpc) is 2.12. The van der Waals surface area contributed by atoms with Crippen molar-refractivity contribution in [2.24, 2.45) is 28.6 Å². The van der Waals surface area contributed by atoms with Crippen LogP contribution < -0.4 is 0 Å². The van der Waals surface area contributed by atoms with E-state index in [-0.39, 0.29) is 0 Å². The third-order valence-corrected chi connectivity index (χ3v) is 5.17. The molecule has 0 nitrogen and oxygen atoms in total. The van der Waals surface area contributed by atoms with Gasteiger partial charge in [0.1, 0.15) is 0 Å². The van der Waals surface area contributed by atoms with E-state index in [9.17, 15) is 0 Å². The molecular weight excluding hydrogens is 180 g/mol. The van der Waals surface area contributed by atoms with Crippen molar-refractivity contribution in [2.45, 2.75) is 68.7 Å². The Morgan fingerprint density at radius 2 is 1.20 bits per heavy atom. The molecule has 0 heteroatoms. The molecule has 0 N–H and O–H groups in total. The molecule has 0 rings (SSSR count). The first-order valence-corrected chi connectivity index (χ1v) is 6.55. The van der Waals surface area contributed by atoms with Crippen LogP contribution in [0.5, 0.6) is 0 Å². The quantitative estimate of drug-likeness (QED) is 0.587. The van der Waals surface area contributed by atoms with Gasteiger partial charge in [0.25, 0.3) is 0 Å². The molecule has 0 saturated heterocycles. The molecule has 0 aliphatic heterocycles. The standard InChI is InChI=1S/C15H32/c1-10-11(2)15(8,9)13(4)12(3)14(5,6)7/h11-13H,10H2,1-9H3. The Morgan fingerprint density at radius 3 is 1.47 bits per heavy atom. The van der Waals surface area contributed by atoms with Gasteiger partial charge in [0, 0.05) is 0 Å². The minimum Gasteiger partial charge on any atom is -0.0651 e. The Kier molecular flexibility index (Phi) is 4.89. The highest BCUT2D eigenvalue weighted by atomic mass is 14.4. The number of rotatable bonds is 4. The molecule has 0 heterocycles. The maximum absolute atomic E-state index is 2.44. The topological polar surface area (TPSA) is 0 Å². The molecule has 0 aromatic rings. The summed E-state index contributed by atoms with van der Waals surface area (Å²) in [5.74, 6) is 2.34. The van der Waals surface area contributed by atoms with Gasteiger partial charge in [-0.3, -0.25) is 0 Å². The molecule has 92 valence electrons. The molecule has 0 aliphatic rings. The lowest BCUT2D eigenvalue weighted by Crippen LogP contribution is -2.37. The van der Waals surface area contributed by atoms with Gasteiger partial charge in [0.2, 0.25) is 0 Å². The number of hydrogen-bond acceptors (Lipinski definition) is 0. The summed E-state index contributed by atoms with van der Waals surface area (Å²) in [7, 11) is 0. The van der Waals surface area contributed by atoms with Gasteiger partial charge >= 0.3 is 0 Å². The lowest BCUT2D eigenvalue weighted by molar-refractivity contribution is 0.0439. The summed E-state index contributed by atoms with van der Waals surface area (Å²) >= 11 is 0. The molecular formula is C15H32. The first-order chi connectivity index (χ1) is 6.55.